The summed E-state index contributed by atoms with van der Waals surface area (Å²) in [7, 11) is 3.80. The van der Waals surface area contributed by atoms with Gasteiger partial charge in [0, 0.05) is 20.1 Å². The zero-order valence-corrected chi connectivity index (χ0v) is 9.22. The lowest BCUT2D eigenvalue weighted by Gasteiger charge is -2.21. The maximum Gasteiger partial charge on any atom is 0.215 e. The molecule has 74 valence electrons. The molecule has 0 N–H and O–H groups in total. The number of hydrogen-bond donors (Lipinski definition) is 0. The summed E-state index contributed by atoms with van der Waals surface area (Å²) in [6.07, 6.45) is 0. The second-order valence-corrected chi connectivity index (χ2v) is 5.60. The molecule has 0 aromatic carbocycles. The lowest BCUT2D eigenvalue weighted by atomic mass is 10.4. The first-order valence-corrected chi connectivity index (χ1v) is 5.45. The Kier molecular flexibility index (Phi) is 4.16. The second-order valence-electron chi connectivity index (χ2n) is 3.37. The summed E-state index contributed by atoms with van der Waals surface area (Å²) < 4.78 is 23.9. The van der Waals surface area contributed by atoms with E-state index in [0.717, 1.165) is 0 Å². The predicted molar refractivity (Wildman–Crippen MR) is 50.6 cm³/mol. The van der Waals surface area contributed by atoms with Gasteiger partial charge in [0.2, 0.25) is 10.0 Å². The molecular formula is C7H18N2O2S. The highest BCUT2D eigenvalue weighted by atomic mass is 32.2. The number of sulfonamides is 1. The molecule has 0 aliphatic carbocycles. The summed E-state index contributed by atoms with van der Waals surface area (Å²) in [5.41, 5.74) is 0. The Morgan fingerprint density at radius 2 is 1.58 bits per heavy atom. The van der Waals surface area contributed by atoms with Gasteiger partial charge in [-0.25, -0.2) is 12.7 Å². The molecule has 0 amide bonds. The average Bonchev–Trinajstić information content (AvgIpc) is 1.85. The average molecular weight is 194 g/mol. The first-order valence-electron chi connectivity index (χ1n) is 3.84. The van der Waals surface area contributed by atoms with Crippen LogP contribution in [0.15, 0.2) is 0 Å². The van der Waals surface area contributed by atoms with Crippen molar-refractivity contribution in [3.63, 3.8) is 0 Å². The monoisotopic (exact) mass is 194 g/mol. The van der Waals surface area contributed by atoms with E-state index in [0.29, 0.717) is 0 Å². The third kappa shape index (κ3) is 3.51. The van der Waals surface area contributed by atoms with Crippen molar-refractivity contribution >= 4 is 10.0 Å². The van der Waals surface area contributed by atoms with Crippen LogP contribution >= 0.6 is 0 Å². The molecule has 0 saturated carbocycles. The number of nitrogens with zero attached hydrogens (tertiary/aromatic N) is 2. The third-order valence-corrected chi connectivity index (χ3v) is 3.91. The molecule has 0 fully saturated rings. The first-order chi connectivity index (χ1) is 5.27. The summed E-state index contributed by atoms with van der Waals surface area (Å²) >= 11 is 0. The van der Waals surface area contributed by atoms with Crippen molar-refractivity contribution in [2.75, 3.05) is 33.9 Å². The topological polar surface area (TPSA) is 40.6 Å². The molecule has 0 aromatic heterocycles. The minimum absolute atomic E-state index is 0.0531. The van der Waals surface area contributed by atoms with E-state index >= 15 is 0 Å². The molecule has 0 aliphatic rings. The van der Waals surface area contributed by atoms with E-state index in [2.05, 4.69) is 0 Å². The zero-order chi connectivity index (χ0) is 9.94. The van der Waals surface area contributed by atoms with Crippen LogP contribution in [-0.2, 0) is 10.0 Å². The molecule has 12 heavy (non-hydrogen) atoms. The summed E-state index contributed by atoms with van der Waals surface area (Å²) in [5, 5.41) is 0. The van der Waals surface area contributed by atoms with Gasteiger partial charge in [-0.15, -0.1) is 0 Å². The fourth-order valence-corrected chi connectivity index (χ4v) is 1.81. The van der Waals surface area contributed by atoms with Crippen LogP contribution in [0.5, 0.6) is 0 Å². The first kappa shape index (κ1) is 11.9. The van der Waals surface area contributed by atoms with E-state index in [-0.39, 0.29) is 11.8 Å². The number of hydrogen-bond acceptors (Lipinski definition) is 3. The van der Waals surface area contributed by atoms with Crippen molar-refractivity contribution in [3.8, 4) is 0 Å². The summed E-state index contributed by atoms with van der Waals surface area (Å²) in [5.74, 6) is 0.174. The Labute approximate surface area is 75.2 Å². The van der Waals surface area contributed by atoms with Gasteiger partial charge in [0.25, 0.3) is 0 Å². The number of rotatable bonds is 4. The third-order valence-electron chi connectivity index (χ3n) is 1.89. The summed E-state index contributed by atoms with van der Waals surface area (Å²) in [4.78, 5) is 1.89. The molecule has 4 nitrogen and oxygen atoms in total. The SMILES string of the molecule is CC(CS(=O)(=O)N(C)C)N(C)C. The van der Waals surface area contributed by atoms with E-state index in [1.807, 2.05) is 25.9 Å². The van der Waals surface area contributed by atoms with Crippen LogP contribution in [0.3, 0.4) is 0 Å². The predicted octanol–water partition coefficient (Wildman–Crippen LogP) is -0.172. The molecule has 0 rings (SSSR count). The van der Waals surface area contributed by atoms with Gasteiger partial charge in [0.1, 0.15) is 0 Å². The van der Waals surface area contributed by atoms with E-state index in [1.54, 1.807) is 14.1 Å². The fourth-order valence-electron chi connectivity index (χ4n) is 0.603. The van der Waals surface area contributed by atoms with Crippen LogP contribution < -0.4 is 0 Å². The van der Waals surface area contributed by atoms with Crippen LogP contribution in [0, 0.1) is 0 Å². The molecule has 0 radical (unpaired) electrons. The van der Waals surface area contributed by atoms with Crippen LogP contribution in [0.1, 0.15) is 6.92 Å². The van der Waals surface area contributed by atoms with Crippen molar-refractivity contribution in [2.45, 2.75) is 13.0 Å². The van der Waals surface area contributed by atoms with Gasteiger partial charge in [0.15, 0.2) is 0 Å². The van der Waals surface area contributed by atoms with Gasteiger partial charge in [0.05, 0.1) is 5.75 Å². The van der Waals surface area contributed by atoms with Crippen molar-refractivity contribution in [2.24, 2.45) is 0 Å². The highest BCUT2D eigenvalue weighted by molar-refractivity contribution is 7.89. The zero-order valence-electron chi connectivity index (χ0n) is 8.40. The quantitative estimate of drug-likeness (QED) is 0.624. The molecule has 0 bridgehead atoms. The minimum Gasteiger partial charge on any atom is -0.306 e. The molecule has 0 spiro atoms. The molecule has 0 aliphatic heterocycles. The smallest absolute Gasteiger partial charge is 0.215 e. The molecule has 0 heterocycles. The molecule has 0 aromatic rings. The Bertz CT molecular complexity index is 222. The second kappa shape index (κ2) is 4.20. The van der Waals surface area contributed by atoms with Gasteiger partial charge >= 0.3 is 0 Å². The summed E-state index contributed by atoms with van der Waals surface area (Å²) in [6, 6.07) is 0.0531. The molecule has 0 saturated heterocycles. The Balaban J connectivity index is 4.27. The van der Waals surface area contributed by atoms with Gasteiger partial charge < -0.3 is 4.90 Å². The van der Waals surface area contributed by atoms with E-state index < -0.39 is 10.0 Å². The Morgan fingerprint density at radius 3 is 1.83 bits per heavy atom. The van der Waals surface area contributed by atoms with Crippen LogP contribution in [-0.4, -0.2) is 57.6 Å². The lowest BCUT2D eigenvalue weighted by Crippen LogP contribution is -2.37. The van der Waals surface area contributed by atoms with Crippen molar-refractivity contribution in [1.29, 1.82) is 0 Å². The minimum atomic E-state index is -3.05. The van der Waals surface area contributed by atoms with Crippen LogP contribution in [0.2, 0.25) is 0 Å². The molecule has 5 heteroatoms. The van der Waals surface area contributed by atoms with E-state index in [9.17, 15) is 8.42 Å². The molecule has 1 unspecified atom stereocenters. The highest BCUT2D eigenvalue weighted by Crippen LogP contribution is 2.01. The highest BCUT2D eigenvalue weighted by Gasteiger charge is 2.18. The van der Waals surface area contributed by atoms with Gasteiger partial charge in [-0.2, -0.15) is 0 Å². The van der Waals surface area contributed by atoms with E-state index in [4.69, 9.17) is 0 Å². The lowest BCUT2D eigenvalue weighted by molar-refractivity contribution is 0.333. The molecular weight excluding hydrogens is 176 g/mol. The van der Waals surface area contributed by atoms with Crippen molar-refractivity contribution < 1.29 is 8.42 Å². The fraction of sp³-hybridized carbons (Fsp3) is 1.00. The van der Waals surface area contributed by atoms with Gasteiger partial charge in [-0.1, -0.05) is 0 Å². The normalized spacial score (nSPS) is 15.6. The summed E-state index contributed by atoms with van der Waals surface area (Å²) in [6.45, 7) is 1.89. The van der Waals surface area contributed by atoms with Crippen LogP contribution in [0.4, 0.5) is 0 Å². The van der Waals surface area contributed by atoms with Crippen molar-refractivity contribution in [1.82, 2.24) is 9.21 Å². The van der Waals surface area contributed by atoms with Crippen LogP contribution in [0.25, 0.3) is 0 Å². The Hall–Kier alpha value is -0.130. The van der Waals surface area contributed by atoms with Gasteiger partial charge in [-0.05, 0) is 21.0 Å². The Morgan fingerprint density at radius 1 is 1.17 bits per heavy atom. The maximum atomic E-state index is 11.3. The molecule has 1 atom stereocenters. The maximum absolute atomic E-state index is 11.3. The van der Waals surface area contributed by atoms with Crippen molar-refractivity contribution in [3.05, 3.63) is 0 Å². The van der Waals surface area contributed by atoms with Gasteiger partial charge in [-0.3, -0.25) is 0 Å². The largest absolute Gasteiger partial charge is 0.306 e. The van der Waals surface area contributed by atoms with E-state index in [1.165, 1.54) is 4.31 Å². The standard InChI is InChI=1S/C7H18N2O2S/c1-7(8(2)3)6-12(10,11)9(4)5/h7H,6H2,1-5H3.